The molecule has 1 fully saturated rings. The summed E-state index contributed by atoms with van der Waals surface area (Å²) in [6, 6.07) is 14.9. The summed E-state index contributed by atoms with van der Waals surface area (Å²) >= 11 is 0. The zero-order valence-electron chi connectivity index (χ0n) is 15.8. The quantitative estimate of drug-likeness (QED) is 0.840. The first-order valence-electron chi connectivity index (χ1n) is 9.22. The van der Waals surface area contributed by atoms with E-state index in [1.165, 1.54) is 11.3 Å². The van der Waals surface area contributed by atoms with Crippen LogP contribution in [0.15, 0.2) is 48.5 Å². The third-order valence-electron chi connectivity index (χ3n) is 4.67. The first kappa shape index (κ1) is 18.8. The lowest BCUT2D eigenvalue weighted by molar-refractivity contribution is 0.0526. The molecule has 0 aromatic heterocycles. The van der Waals surface area contributed by atoms with Crippen LogP contribution < -0.4 is 10.2 Å². The molecule has 1 saturated heterocycles. The van der Waals surface area contributed by atoms with E-state index in [4.69, 9.17) is 4.74 Å². The van der Waals surface area contributed by atoms with Gasteiger partial charge in [-0.25, -0.2) is 9.59 Å². The molecule has 6 heteroatoms. The maximum Gasteiger partial charge on any atom is 0.338 e. The molecule has 1 aliphatic heterocycles. The minimum absolute atomic E-state index is 0.122. The van der Waals surface area contributed by atoms with Crippen LogP contribution in [0.1, 0.15) is 22.8 Å². The molecule has 1 aliphatic rings. The van der Waals surface area contributed by atoms with Crippen LogP contribution in [0.25, 0.3) is 0 Å². The van der Waals surface area contributed by atoms with Crippen LogP contribution in [0, 0.1) is 6.92 Å². The van der Waals surface area contributed by atoms with Gasteiger partial charge in [0.2, 0.25) is 0 Å². The Kier molecular flexibility index (Phi) is 5.96. The van der Waals surface area contributed by atoms with E-state index < -0.39 is 0 Å². The number of nitrogens with zero attached hydrogens (tertiary/aromatic N) is 2. The molecule has 2 aromatic rings. The molecule has 0 atom stereocenters. The van der Waals surface area contributed by atoms with E-state index in [0.717, 1.165) is 13.1 Å². The maximum absolute atomic E-state index is 12.5. The van der Waals surface area contributed by atoms with E-state index in [9.17, 15) is 9.59 Å². The van der Waals surface area contributed by atoms with Crippen LogP contribution in [0.5, 0.6) is 0 Å². The highest BCUT2D eigenvalue weighted by Gasteiger charge is 2.22. The summed E-state index contributed by atoms with van der Waals surface area (Å²) in [7, 11) is 0. The molecule has 0 unspecified atom stereocenters. The predicted octanol–water partition coefficient (Wildman–Crippen LogP) is 3.53. The van der Waals surface area contributed by atoms with Gasteiger partial charge in [0.15, 0.2) is 0 Å². The Balaban J connectivity index is 1.54. The number of hydrogen-bond acceptors (Lipinski definition) is 4. The van der Waals surface area contributed by atoms with Crippen molar-refractivity contribution in [3.05, 3.63) is 59.7 Å². The number of ether oxygens (including phenoxy) is 1. The maximum atomic E-state index is 12.5. The number of amides is 2. The smallest absolute Gasteiger partial charge is 0.338 e. The molecule has 3 rings (SSSR count). The van der Waals surface area contributed by atoms with E-state index in [0.29, 0.717) is 30.9 Å². The van der Waals surface area contributed by atoms with E-state index >= 15 is 0 Å². The van der Waals surface area contributed by atoms with Crippen molar-refractivity contribution in [1.82, 2.24) is 4.90 Å². The molecule has 1 heterocycles. The second-order valence-electron chi connectivity index (χ2n) is 6.49. The van der Waals surface area contributed by atoms with Crippen molar-refractivity contribution in [2.45, 2.75) is 13.8 Å². The van der Waals surface area contributed by atoms with Crippen LogP contribution in [0.4, 0.5) is 16.2 Å². The zero-order valence-corrected chi connectivity index (χ0v) is 15.8. The Bertz CT molecular complexity index is 797. The van der Waals surface area contributed by atoms with E-state index in [-0.39, 0.29) is 12.0 Å². The number of carbonyl (C=O) groups excluding carboxylic acids is 2. The molecule has 0 radical (unpaired) electrons. The van der Waals surface area contributed by atoms with Crippen molar-refractivity contribution in [2.24, 2.45) is 0 Å². The Morgan fingerprint density at radius 3 is 2.30 bits per heavy atom. The highest BCUT2D eigenvalue weighted by molar-refractivity contribution is 5.92. The molecule has 2 amide bonds. The summed E-state index contributed by atoms with van der Waals surface area (Å²) in [6.45, 7) is 7.16. The number of aryl methyl sites for hydroxylation is 1. The van der Waals surface area contributed by atoms with Gasteiger partial charge in [0.1, 0.15) is 0 Å². The number of rotatable bonds is 4. The summed E-state index contributed by atoms with van der Waals surface area (Å²) < 4.78 is 4.96. The number of para-hydroxylation sites is 1. The summed E-state index contributed by atoms with van der Waals surface area (Å²) in [6.07, 6.45) is 0. The fraction of sp³-hybridized carbons (Fsp3) is 0.333. The second-order valence-corrected chi connectivity index (χ2v) is 6.49. The Labute approximate surface area is 159 Å². The van der Waals surface area contributed by atoms with Gasteiger partial charge in [0, 0.05) is 37.6 Å². The van der Waals surface area contributed by atoms with Crippen molar-refractivity contribution in [3.63, 3.8) is 0 Å². The summed E-state index contributed by atoms with van der Waals surface area (Å²) in [4.78, 5) is 28.3. The van der Waals surface area contributed by atoms with Crippen LogP contribution in [0.3, 0.4) is 0 Å². The van der Waals surface area contributed by atoms with Crippen LogP contribution >= 0.6 is 0 Å². The molecule has 0 bridgehead atoms. The minimum Gasteiger partial charge on any atom is -0.462 e. The zero-order chi connectivity index (χ0) is 19.2. The largest absolute Gasteiger partial charge is 0.462 e. The number of nitrogens with one attached hydrogen (secondary N) is 1. The molecule has 0 spiro atoms. The third-order valence-corrected chi connectivity index (χ3v) is 4.67. The SMILES string of the molecule is CCOC(=O)c1ccc(NC(=O)N2CCN(c3ccccc3C)CC2)cc1. The van der Waals surface area contributed by atoms with Gasteiger partial charge in [0.05, 0.1) is 12.2 Å². The first-order chi connectivity index (χ1) is 13.1. The van der Waals surface area contributed by atoms with E-state index in [2.05, 4.69) is 29.3 Å². The number of benzene rings is 2. The van der Waals surface area contributed by atoms with Gasteiger partial charge in [-0.15, -0.1) is 0 Å². The summed E-state index contributed by atoms with van der Waals surface area (Å²) in [5, 5.41) is 2.89. The number of anilines is 2. The van der Waals surface area contributed by atoms with Crippen LogP contribution in [-0.2, 0) is 4.74 Å². The van der Waals surface area contributed by atoms with E-state index in [1.807, 2.05) is 17.0 Å². The van der Waals surface area contributed by atoms with E-state index in [1.54, 1.807) is 31.2 Å². The fourth-order valence-corrected chi connectivity index (χ4v) is 3.18. The van der Waals surface area contributed by atoms with Gasteiger partial charge in [-0.1, -0.05) is 18.2 Å². The molecule has 0 saturated carbocycles. The first-order valence-corrected chi connectivity index (χ1v) is 9.22. The van der Waals surface area contributed by atoms with Gasteiger partial charge < -0.3 is 19.9 Å². The lowest BCUT2D eigenvalue weighted by Crippen LogP contribution is -2.50. The monoisotopic (exact) mass is 367 g/mol. The van der Waals surface area contributed by atoms with Crippen molar-refractivity contribution >= 4 is 23.4 Å². The molecular weight excluding hydrogens is 342 g/mol. The highest BCUT2D eigenvalue weighted by atomic mass is 16.5. The molecule has 27 heavy (non-hydrogen) atoms. The number of urea groups is 1. The van der Waals surface area contributed by atoms with Gasteiger partial charge in [0.25, 0.3) is 0 Å². The van der Waals surface area contributed by atoms with Crippen molar-refractivity contribution in [3.8, 4) is 0 Å². The van der Waals surface area contributed by atoms with Crippen molar-refractivity contribution in [1.29, 1.82) is 0 Å². The summed E-state index contributed by atoms with van der Waals surface area (Å²) in [5.41, 5.74) is 3.61. The number of piperazine rings is 1. The lowest BCUT2D eigenvalue weighted by Gasteiger charge is -2.36. The lowest BCUT2D eigenvalue weighted by atomic mass is 10.1. The third kappa shape index (κ3) is 4.58. The number of carbonyl (C=O) groups is 2. The fourth-order valence-electron chi connectivity index (χ4n) is 3.18. The average molecular weight is 367 g/mol. The van der Waals surface area contributed by atoms with Crippen molar-refractivity contribution < 1.29 is 14.3 Å². The average Bonchev–Trinajstić information content (AvgIpc) is 2.69. The molecule has 142 valence electrons. The summed E-state index contributed by atoms with van der Waals surface area (Å²) in [5.74, 6) is -0.359. The van der Waals surface area contributed by atoms with Crippen LogP contribution in [0.2, 0.25) is 0 Å². The Hall–Kier alpha value is -3.02. The topological polar surface area (TPSA) is 61.9 Å². The molecule has 1 N–H and O–H groups in total. The van der Waals surface area contributed by atoms with Crippen molar-refractivity contribution in [2.75, 3.05) is 43.0 Å². The van der Waals surface area contributed by atoms with Gasteiger partial charge >= 0.3 is 12.0 Å². The predicted molar refractivity (Wildman–Crippen MR) is 106 cm³/mol. The number of hydrogen-bond donors (Lipinski definition) is 1. The van der Waals surface area contributed by atoms with Crippen LogP contribution in [-0.4, -0.2) is 49.7 Å². The Morgan fingerprint density at radius 1 is 1.00 bits per heavy atom. The molecular formula is C21H25N3O3. The van der Waals surface area contributed by atoms with Gasteiger partial charge in [-0.05, 0) is 49.7 Å². The number of esters is 1. The minimum atomic E-state index is -0.359. The molecule has 0 aliphatic carbocycles. The molecule has 2 aromatic carbocycles. The second kappa shape index (κ2) is 8.58. The van der Waals surface area contributed by atoms with Gasteiger partial charge in [-0.3, -0.25) is 0 Å². The van der Waals surface area contributed by atoms with Gasteiger partial charge in [-0.2, -0.15) is 0 Å². The Morgan fingerprint density at radius 2 is 1.67 bits per heavy atom. The normalized spacial score (nSPS) is 14.0. The highest BCUT2D eigenvalue weighted by Crippen LogP contribution is 2.21. The molecule has 6 nitrogen and oxygen atoms in total. The standard InChI is InChI=1S/C21H25N3O3/c1-3-27-20(25)17-8-10-18(11-9-17)22-21(26)24-14-12-23(13-15-24)19-7-5-4-6-16(19)2/h4-11H,3,12-15H2,1-2H3,(H,22,26).